The Kier molecular flexibility index (Phi) is 5.74. The van der Waals surface area contributed by atoms with E-state index < -0.39 is 23.7 Å². The van der Waals surface area contributed by atoms with E-state index in [2.05, 4.69) is 21.0 Å². The summed E-state index contributed by atoms with van der Waals surface area (Å²) in [5, 5.41) is 12.5. The van der Waals surface area contributed by atoms with Crippen molar-refractivity contribution in [3.8, 4) is 11.1 Å². The van der Waals surface area contributed by atoms with E-state index >= 15 is 0 Å². The van der Waals surface area contributed by atoms with E-state index in [0.29, 0.717) is 39.7 Å². The number of nitrogens with one attached hydrogen (secondary N) is 3. The van der Waals surface area contributed by atoms with E-state index in [1.807, 2.05) is 12.1 Å². The highest BCUT2D eigenvalue weighted by molar-refractivity contribution is 6.14. The predicted octanol–water partition coefficient (Wildman–Crippen LogP) is 4.94. The number of hydrogen-bond donors (Lipinski definition) is 3. The van der Waals surface area contributed by atoms with Crippen LogP contribution in [-0.4, -0.2) is 39.6 Å². The molecule has 2 fully saturated rings. The Morgan fingerprint density at radius 3 is 2.59 bits per heavy atom. The van der Waals surface area contributed by atoms with Crippen LogP contribution < -0.4 is 20.9 Å². The number of alkyl halides is 3. The molecule has 1 saturated carbocycles. The first-order valence-electron chi connectivity index (χ1n) is 12.2. The van der Waals surface area contributed by atoms with Crippen molar-refractivity contribution in [1.82, 2.24) is 25.2 Å². The zero-order valence-electron chi connectivity index (χ0n) is 20.6. The van der Waals surface area contributed by atoms with Gasteiger partial charge in [-0.05, 0) is 42.7 Å². The molecule has 2 aromatic carbocycles. The summed E-state index contributed by atoms with van der Waals surface area (Å²) >= 11 is 0. The molecule has 0 bridgehead atoms. The molecule has 0 spiro atoms. The van der Waals surface area contributed by atoms with Crippen LogP contribution in [0, 0.1) is 0 Å². The molecule has 4 aromatic rings. The average molecular weight is 534 g/mol. The van der Waals surface area contributed by atoms with E-state index in [-0.39, 0.29) is 11.7 Å². The molecule has 0 radical (unpaired) electrons. The summed E-state index contributed by atoms with van der Waals surface area (Å²) in [5.41, 5.74) is 1.94. The fourth-order valence-corrected chi connectivity index (χ4v) is 4.41. The first kappa shape index (κ1) is 24.5. The molecule has 3 amide bonds. The number of amides is 3. The average Bonchev–Trinajstić information content (AvgIpc) is 3.55. The molecule has 3 heterocycles. The van der Waals surface area contributed by atoms with Gasteiger partial charge in [-0.15, -0.1) is 0 Å². The van der Waals surface area contributed by atoms with Crippen molar-refractivity contribution in [2.45, 2.75) is 25.1 Å². The van der Waals surface area contributed by atoms with Crippen LogP contribution in [0.15, 0.2) is 66.5 Å². The van der Waals surface area contributed by atoms with E-state index in [9.17, 15) is 22.8 Å². The van der Waals surface area contributed by atoms with Gasteiger partial charge in [0.05, 0.1) is 11.8 Å². The van der Waals surface area contributed by atoms with Crippen LogP contribution in [0.2, 0.25) is 0 Å². The van der Waals surface area contributed by atoms with E-state index in [1.54, 1.807) is 46.9 Å². The smallest absolute Gasteiger partial charge is 0.367 e. The van der Waals surface area contributed by atoms with Crippen LogP contribution in [0.5, 0.6) is 0 Å². The van der Waals surface area contributed by atoms with Crippen LogP contribution in [-0.2, 0) is 11.0 Å². The summed E-state index contributed by atoms with van der Waals surface area (Å²) in [6.07, 6.45) is 0.604. The number of para-hydroxylation sites is 1. The second-order valence-corrected chi connectivity index (χ2v) is 9.37. The third kappa shape index (κ3) is 4.76. The Bertz CT molecular complexity index is 1660. The highest BCUT2D eigenvalue weighted by atomic mass is 19.4. The molecule has 0 atom stereocenters. The van der Waals surface area contributed by atoms with Gasteiger partial charge in [-0.25, -0.2) is 9.78 Å². The molecule has 1 saturated heterocycles. The second kappa shape index (κ2) is 9.15. The first-order valence-corrected chi connectivity index (χ1v) is 12.2. The Morgan fingerprint density at radius 2 is 1.87 bits per heavy atom. The van der Waals surface area contributed by atoms with Gasteiger partial charge in [0.2, 0.25) is 0 Å². The molecule has 1 aliphatic heterocycles. The van der Waals surface area contributed by atoms with Gasteiger partial charge >= 0.3 is 12.2 Å². The third-order valence-corrected chi connectivity index (χ3v) is 6.54. The van der Waals surface area contributed by atoms with Crippen LogP contribution in [0.25, 0.3) is 22.9 Å². The summed E-state index contributed by atoms with van der Waals surface area (Å²) in [5.74, 6) is 0.620. The molecule has 6 rings (SSSR count). The van der Waals surface area contributed by atoms with E-state index in [4.69, 9.17) is 4.98 Å². The number of imide groups is 1. The Balaban J connectivity index is 1.45. The Morgan fingerprint density at radius 1 is 1.08 bits per heavy atom. The highest BCUT2D eigenvalue weighted by Crippen LogP contribution is 2.38. The van der Waals surface area contributed by atoms with Gasteiger partial charge in [0.25, 0.3) is 5.91 Å². The number of carbonyl (C=O) groups is 2. The van der Waals surface area contributed by atoms with Crippen molar-refractivity contribution < 1.29 is 22.8 Å². The minimum Gasteiger partial charge on any atom is -0.367 e. The number of urea groups is 1. The Hall–Kier alpha value is -4.87. The zero-order valence-corrected chi connectivity index (χ0v) is 20.6. The van der Waals surface area contributed by atoms with Gasteiger partial charge in [-0.2, -0.15) is 22.8 Å². The molecular formula is C27H22F3N7O2. The van der Waals surface area contributed by atoms with Crippen LogP contribution in [0.4, 0.5) is 35.3 Å². The lowest BCUT2D eigenvalue weighted by atomic mass is 10.0. The van der Waals surface area contributed by atoms with E-state index in [0.717, 1.165) is 25.0 Å². The molecular weight excluding hydrogens is 511 g/mol. The topological polar surface area (TPSA) is 104 Å². The first-order chi connectivity index (χ1) is 18.7. The molecule has 2 aromatic heterocycles. The summed E-state index contributed by atoms with van der Waals surface area (Å²) in [6.45, 7) is 0. The summed E-state index contributed by atoms with van der Waals surface area (Å²) in [4.78, 5) is 30.2. The molecule has 39 heavy (non-hydrogen) atoms. The third-order valence-electron chi connectivity index (χ3n) is 6.54. The summed E-state index contributed by atoms with van der Waals surface area (Å²) < 4.78 is 41.9. The molecule has 1 aliphatic carbocycles. The number of benzene rings is 2. The lowest BCUT2D eigenvalue weighted by molar-refractivity contribution is -0.137. The van der Waals surface area contributed by atoms with Gasteiger partial charge < -0.3 is 15.5 Å². The second-order valence-electron chi connectivity index (χ2n) is 9.37. The number of nitrogens with zero attached hydrogens (tertiary/aromatic N) is 4. The maximum atomic E-state index is 13.4. The maximum absolute atomic E-state index is 13.4. The highest BCUT2D eigenvalue weighted by Gasteiger charge is 2.31. The number of hydrogen-bond acceptors (Lipinski definition) is 6. The molecule has 2 aliphatic rings. The van der Waals surface area contributed by atoms with Crippen LogP contribution in [0.3, 0.4) is 0 Å². The van der Waals surface area contributed by atoms with Crippen molar-refractivity contribution in [3.63, 3.8) is 0 Å². The molecule has 198 valence electrons. The molecule has 9 nitrogen and oxygen atoms in total. The largest absolute Gasteiger partial charge is 0.416 e. The van der Waals surface area contributed by atoms with Crippen molar-refractivity contribution >= 4 is 41.0 Å². The zero-order chi connectivity index (χ0) is 27.3. The lowest BCUT2D eigenvalue weighted by Crippen LogP contribution is -2.22. The minimum absolute atomic E-state index is 0.0713. The fraction of sp³-hybridized carbons (Fsp3) is 0.185. The van der Waals surface area contributed by atoms with Crippen LogP contribution >= 0.6 is 0 Å². The summed E-state index contributed by atoms with van der Waals surface area (Å²) in [6, 6.07) is 13.9. The summed E-state index contributed by atoms with van der Waals surface area (Å²) in [7, 11) is 1.78. The van der Waals surface area contributed by atoms with Gasteiger partial charge in [0, 0.05) is 36.0 Å². The van der Waals surface area contributed by atoms with Crippen molar-refractivity contribution in [1.29, 1.82) is 0 Å². The number of halogens is 3. The molecule has 3 N–H and O–H groups in total. The molecule has 12 heteroatoms. The van der Waals surface area contributed by atoms with Gasteiger partial charge in [-0.1, -0.05) is 30.3 Å². The predicted molar refractivity (Wildman–Crippen MR) is 139 cm³/mol. The maximum Gasteiger partial charge on any atom is 0.416 e. The molecule has 0 unspecified atom stereocenters. The van der Waals surface area contributed by atoms with Crippen molar-refractivity contribution in [2.75, 3.05) is 17.3 Å². The van der Waals surface area contributed by atoms with Crippen molar-refractivity contribution in [2.24, 2.45) is 0 Å². The lowest BCUT2D eigenvalue weighted by Gasteiger charge is -2.23. The number of rotatable bonds is 6. The number of carbonyl (C=O) groups excluding carboxylic acids is 2. The quantitative estimate of drug-likeness (QED) is 0.240. The standard InChI is InChI=1S/C27H22F3N7O2/c1-36(21-8-3-2-7-19(21)15-5-4-6-17(11-15)27(28,29)30)22-13-23(32-18-9-10-18)37-24(34-22)16(14-31-37)12-20-25(38)35-26(39)33-20/h2-8,11-14,18,32H,9-10H2,1H3,(H2,33,35,38,39)/b20-12-. The number of aromatic nitrogens is 3. The monoisotopic (exact) mass is 533 g/mol. The number of anilines is 3. The SMILES string of the molecule is CN(c1cc(NC2CC2)n2ncc(/C=C3\NC(=O)NC3=O)c2n1)c1ccccc1-c1cccc(C(F)(F)F)c1. The fourth-order valence-electron chi connectivity index (χ4n) is 4.41. The van der Waals surface area contributed by atoms with Crippen molar-refractivity contribution in [3.05, 3.63) is 77.6 Å². The minimum atomic E-state index is -4.46. The normalized spacial score (nSPS) is 16.5. The Labute approximate surface area is 220 Å². The van der Waals surface area contributed by atoms with E-state index in [1.165, 1.54) is 12.1 Å². The van der Waals surface area contributed by atoms with Crippen LogP contribution in [0.1, 0.15) is 24.0 Å². The van der Waals surface area contributed by atoms with Gasteiger partial charge in [0.1, 0.15) is 17.3 Å². The van der Waals surface area contributed by atoms with Gasteiger partial charge in [-0.3, -0.25) is 10.1 Å². The van der Waals surface area contributed by atoms with Gasteiger partial charge in [0.15, 0.2) is 5.65 Å². The number of fused-ring (bicyclic) bond motifs is 1.